The van der Waals surface area contributed by atoms with Gasteiger partial charge in [0.05, 0.1) is 12.5 Å². The predicted octanol–water partition coefficient (Wildman–Crippen LogP) is 2.50. The van der Waals surface area contributed by atoms with Crippen molar-refractivity contribution >= 4 is 41.7 Å². The van der Waals surface area contributed by atoms with E-state index >= 15 is 0 Å². The molecule has 1 aliphatic heterocycles. The Morgan fingerprint density at radius 3 is 2.89 bits per heavy atom. The average Bonchev–Trinajstić information content (AvgIpc) is 2.66. The van der Waals surface area contributed by atoms with Crippen molar-refractivity contribution in [3.8, 4) is 0 Å². The van der Waals surface area contributed by atoms with Gasteiger partial charge in [0, 0.05) is 37.9 Å². The molecule has 28 heavy (non-hydrogen) atoms. The highest BCUT2D eigenvalue weighted by Crippen LogP contribution is 2.24. The first kappa shape index (κ1) is 24.5. The number of nitrogens with two attached hydrogens (primary N) is 1. The number of hydrogen-bond donors (Lipinski definition) is 3. The van der Waals surface area contributed by atoms with Crippen molar-refractivity contribution in [1.29, 1.82) is 0 Å². The Morgan fingerprint density at radius 2 is 2.21 bits per heavy atom. The van der Waals surface area contributed by atoms with Crippen molar-refractivity contribution in [2.45, 2.75) is 46.6 Å². The maximum absolute atomic E-state index is 11.6. The summed E-state index contributed by atoms with van der Waals surface area (Å²) in [6.07, 6.45) is 4.70. The number of hydrogen-bond acceptors (Lipinski definition) is 4. The molecule has 0 bridgehead atoms. The number of amides is 1. The van der Waals surface area contributed by atoms with Gasteiger partial charge in [0.1, 0.15) is 5.82 Å². The molecule has 1 aliphatic rings. The number of rotatable bonds is 8. The van der Waals surface area contributed by atoms with Gasteiger partial charge in [0.25, 0.3) is 0 Å². The van der Waals surface area contributed by atoms with E-state index in [0.29, 0.717) is 19.0 Å². The number of guanidine groups is 1. The molecular formula is C20H35IN6O. The Bertz CT molecular complexity index is 637. The third kappa shape index (κ3) is 7.81. The van der Waals surface area contributed by atoms with Gasteiger partial charge in [-0.1, -0.05) is 19.9 Å². The van der Waals surface area contributed by atoms with Gasteiger partial charge in [-0.25, -0.2) is 9.98 Å². The van der Waals surface area contributed by atoms with E-state index in [1.807, 2.05) is 6.07 Å². The molecule has 158 valence electrons. The van der Waals surface area contributed by atoms with Gasteiger partial charge in [0.2, 0.25) is 5.91 Å². The fourth-order valence-corrected chi connectivity index (χ4v) is 3.23. The molecule has 1 saturated heterocycles. The third-order valence-corrected chi connectivity index (χ3v) is 4.76. The zero-order valence-electron chi connectivity index (χ0n) is 17.3. The number of carbonyl (C=O) groups is 1. The van der Waals surface area contributed by atoms with Crippen LogP contribution >= 0.6 is 24.0 Å². The molecule has 0 aliphatic carbocycles. The number of aromatic nitrogens is 1. The van der Waals surface area contributed by atoms with E-state index in [0.717, 1.165) is 56.2 Å². The zero-order chi connectivity index (χ0) is 19.6. The van der Waals surface area contributed by atoms with Crippen molar-refractivity contribution in [2.24, 2.45) is 22.6 Å². The second-order valence-electron chi connectivity index (χ2n) is 7.48. The zero-order valence-corrected chi connectivity index (χ0v) is 19.6. The van der Waals surface area contributed by atoms with Crippen molar-refractivity contribution in [2.75, 3.05) is 31.1 Å². The van der Waals surface area contributed by atoms with Crippen molar-refractivity contribution < 1.29 is 4.79 Å². The van der Waals surface area contributed by atoms with E-state index in [1.54, 1.807) is 6.20 Å². The molecule has 1 fully saturated rings. The van der Waals surface area contributed by atoms with Crippen LogP contribution in [0.5, 0.6) is 0 Å². The third-order valence-electron chi connectivity index (χ3n) is 4.76. The first-order valence-electron chi connectivity index (χ1n) is 10.0. The summed E-state index contributed by atoms with van der Waals surface area (Å²) in [5.74, 6) is 2.06. The molecule has 1 unspecified atom stereocenters. The summed E-state index contributed by atoms with van der Waals surface area (Å²) in [5, 5.41) is 6.68. The summed E-state index contributed by atoms with van der Waals surface area (Å²) in [7, 11) is 0. The van der Waals surface area contributed by atoms with Gasteiger partial charge >= 0.3 is 0 Å². The lowest BCUT2D eigenvalue weighted by Crippen LogP contribution is -2.42. The van der Waals surface area contributed by atoms with Crippen LogP contribution in [-0.4, -0.2) is 43.0 Å². The summed E-state index contributed by atoms with van der Waals surface area (Å²) in [4.78, 5) is 23.1. The maximum atomic E-state index is 11.6. The molecule has 1 atom stereocenters. The predicted molar refractivity (Wildman–Crippen MR) is 126 cm³/mol. The molecule has 1 aromatic heterocycles. The Balaban J connectivity index is 0.00000392. The van der Waals surface area contributed by atoms with E-state index in [9.17, 15) is 4.79 Å². The van der Waals surface area contributed by atoms with E-state index in [-0.39, 0.29) is 35.8 Å². The Labute approximate surface area is 186 Å². The maximum Gasteiger partial charge on any atom is 0.222 e. The highest BCUT2D eigenvalue weighted by molar-refractivity contribution is 14.0. The van der Waals surface area contributed by atoms with E-state index in [2.05, 4.69) is 47.4 Å². The van der Waals surface area contributed by atoms with Crippen LogP contribution in [0.15, 0.2) is 23.3 Å². The molecule has 1 aromatic rings. The molecular weight excluding hydrogens is 467 g/mol. The van der Waals surface area contributed by atoms with Crippen LogP contribution in [0.1, 0.15) is 45.6 Å². The normalized spacial score (nSPS) is 17.2. The van der Waals surface area contributed by atoms with Gasteiger partial charge in [-0.2, -0.15) is 0 Å². The molecule has 0 spiro atoms. The second kappa shape index (κ2) is 12.8. The number of nitrogens with one attached hydrogen (secondary N) is 2. The van der Waals surface area contributed by atoms with Crippen LogP contribution in [0.2, 0.25) is 0 Å². The average molecular weight is 502 g/mol. The lowest BCUT2D eigenvalue weighted by Gasteiger charge is -2.33. The molecule has 0 aromatic carbocycles. The Kier molecular flexibility index (Phi) is 11.2. The highest BCUT2D eigenvalue weighted by Gasteiger charge is 2.25. The molecule has 4 N–H and O–H groups in total. The number of primary amides is 1. The van der Waals surface area contributed by atoms with Crippen molar-refractivity contribution in [1.82, 2.24) is 15.6 Å². The summed E-state index contributed by atoms with van der Waals surface area (Å²) in [6.45, 7) is 10.3. The quantitative estimate of drug-likeness (QED) is 0.289. The summed E-state index contributed by atoms with van der Waals surface area (Å²) in [6, 6.07) is 3.99. The van der Waals surface area contributed by atoms with E-state index in [1.165, 1.54) is 0 Å². The molecule has 7 nitrogen and oxygen atoms in total. The van der Waals surface area contributed by atoms with Crippen LogP contribution in [0.3, 0.4) is 0 Å². The molecule has 0 saturated carbocycles. The lowest BCUT2D eigenvalue weighted by atomic mass is 9.97. The Morgan fingerprint density at radius 1 is 1.43 bits per heavy atom. The first-order valence-corrected chi connectivity index (χ1v) is 10.0. The smallest absolute Gasteiger partial charge is 0.222 e. The number of carbonyl (C=O) groups excluding carboxylic acids is 1. The lowest BCUT2D eigenvalue weighted by molar-refractivity contribution is -0.122. The van der Waals surface area contributed by atoms with Crippen LogP contribution in [0.4, 0.5) is 5.82 Å². The van der Waals surface area contributed by atoms with Gasteiger partial charge in [-0.3, -0.25) is 4.79 Å². The highest BCUT2D eigenvalue weighted by atomic mass is 127. The minimum Gasteiger partial charge on any atom is -0.369 e. The Hall–Kier alpha value is -1.58. The number of anilines is 1. The fraction of sp³-hybridized carbons (Fsp3) is 0.650. The number of pyridine rings is 1. The monoisotopic (exact) mass is 502 g/mol. The number of nitrogens with zero attached hydrogens (tertiary/aromatic N) is 3. The van der Waals surface area contributed by atoms with E-state index < -0.39 is 0 Å². The summed E-state index contributed by atoms with van der Waals surface area (Å²) < 4.78 is 0. The van der Waals surface area contributed by atoms with Gasteiger partial charge in [-0.15, -0.1) is 24.0 Å². The number of piperidine rings is 1. The van der Waals surface area contributed by atoms with Crippen LogP contribution in [0, 0.1) is 11.8 Å². The van der Waals surface area contributed by atoms with Gasteiger partial charge in [-0.05, 0) is 38.2 Å². The molecule has 0 radical (unpaired) electrons. The topological polar surface area (TPSA) is 95.6 Å². The van der Waals surface area contributed by atoms with Crippen LogP contribution in [0.25, 0.3) is 0 Å². The van der Waals surface area contributed by atoms with Gasteiger partial charge in [0.15, 0.2) is 5.96 Å². The van der Waals surface area contributed by atoms with Gasteiger partial charge < -0.3 is 21.3 Å². The number of aliphatic imine (C=N–C) groups is 1. The SMILES string of the molecule is CCNC(=NCc1cccnc1N1CCCC(C(N)=O)C1)NCCC(C)C.I. The fourth-order valence-electron chi connectivity index (χ4n) is 3.23. The molecule has 2 heterocycles. The van der Waals surface area contributed by atoms with Crippen LogP contribution in [-0.2, 0) is 11.3 Å². The van der Waals surface area contributed by atoms with Crippen LogP contribution < -0.4 is 21.3 Å². The second-order valence-corrected chi connectivity index (χ2v) is 7.48. The minimum atomic E-state index is -0.223. The number of halogens is 1. The largest absolute Gasteiger partial charge is 0.369 e. The summed E-state index contributed by atoms with van der Waals surface area (Å²) in [5.41, 5.74) is 6.58. The molecule has 8 heteroatoms. The standard InChI is InChI=1S/C20H34N6O.HI/c1-4-22-20(24-11-9-15(2)3)25-13-16-7-5-10-23-19(16)26-12-6-8-17(14-26)18(21)27;/h5,7,10,15,17H,4,6,8-9,11-14H2,1-3H3,(H2,21,27)(H2,22,24,25);1H. The first-order chi connectivity index (χ1) is 13.0. The summed E-state index contributed by atoms with van der Waals surface area (Å²) >= 11 is 0. The van der Waals surface area contributed by atoms with E-state index in [4.69, 9.17) is 10.7 Å². The molecule has 1 amide bonds. The van der Waals surface area contributed by atoms with Crippen molar-refractivity contribution in [3.05, 3.63) is 23.9 Å². The van der Waals surface area contributed by atoms with Crippen molar-refractivity contribution in [3.63, 3.8) is 0 Å². The molecule has 2 rings (SSSR count). The minimum absolute atomic E-state index is 0.